The molecule has 5 nitrogen and oxygen atoms in total. The highest BCUT2D eigenvalue weighted by Gasteiger charge is 2.34. The summed E-state index contributed by atoms with van der Waals surface area (Å²) in [4.78, 5) is 3.79. The van der Waals surface area contributed by atoms with Gasteiger partial charge >= 0.3 is 6.18 Å². The lowest BCUT2D eigenvalue weighted by Gasteiger charge is -2.07. The van der Waals surface area contributed by atoms with Gasteiger partial charge in [0.1, 0.15) is 0 Å². The molecule has 1 unspecified atom stereocenters. The van der Waals surface area contributed by atoms with E-state index in [1.165, 1.54) is 12.4 Å². The van der Waals surface area contributed by atoms with Crippen LogP contribution in [0.25, 0.3) is 5.65 Å². The minimum atomic E-state index is -4.51. The Morgan fingerprint density at radius 1 is 1.47 bits per heavy atom. The van der Waals surface area contributed by atoms with Gasteiger partial charge in [-0.15, -0.1) is 0 Å². The van der Waals surface area contributed by atoms with Gasteiger partial charge in [-0.05, 0) is 0 Å². The molecule has 0 spiro atoms. The smallest absolute Gasteiger partial charge is 0.394 e. The van der Waals surface area contributed by atoms with Gasteiger partial charge in [-0.2, -0.15) is 18.3 Å². The molecule has 0 bridgehead atoms. The van der Waals surface area contributed by atoms with Gasteiger partial charge in [-0.1, -0.05) is 0 Å². The monoisotopic (exact) mass is 246 g/mol. The molecule has 0 fully saturated rings. The standard InChI is InChI=1S/C9H9F3N4O/c10-9(11,12)7-1-8-14-2-5(6(13)4-17)3-16(8)15-7/h1-3,6,17H,4,13H2. The van der Waals surface area contributed by atoms with Gasteiger partial charge in [0, 0.05) is 24.0 Å². The van der Waals surface area contributed by atoms with Crippen molar-refractivity contribution in [1.82, 2.24) is 14.6 Å². The zero-order chi connectivity index (χ0) is 12.6. The maximum absolute atomic E-state index is 12.4. The Labute approximate surface area is 93.7 Å². The summed E-state index contributed by atoms with van der Waals surface area (Å²) in [7, 11) is 0. The molecule has 2 aromatic heterocycles. The van der Waals surface area contributed by atoms with E-state index >= 15 is 0 Å². The molecule has 3 N–H and O–H groups in total. The minimum Gasteiger partial charge on any atom is -0.394 e. The van der Waals surface area contributed by atoms with Gasteiger partial charge in [-0.3, -0.25) is 0 Å². The molecule has 0 aliphatic rings. The first-order chi connectivity index (χ1) is 7.91. The van der Waals surface area contributed by atoms with Crippen LogP contribution in [0.5, 0.6) is 0 Å². The van der Waals surface area contributed by atoms with E-state index in [2.05, 4.69) is 10.1 Å². The van der Waals surface area contributed by atoms with Crippen LogP contribution in [0.3, 0.4) is 0 Å². The molecule has 92 valence electrons. The number of rotatable bonds is 2. The van der Waals surface area contributed by atoms with E-state index in [1.54, 1.807) is 0 Å². The van der Waals surface area contributed by atoms with Gasteiger partial charge in [0.15, 0.2) is 11.3 Å². The minimum absolute atomic E-state index is 0.0752. The first kappa shape index (κ1) is 11.8. The molecular formula is C9H9F3N4O. The molecule has 0 aromatic carbocycles. The molecule has 0 amide bonds. The van der Waals surface area contributed by atoms with Crippen molar-refractivity contribution in [3.05, 3.63) is 29.7 Å². The fraction of sp³-hybridized carbons (Fsp3) is 0.333. The van der Waals surface area contributed by atoms with Crippen molar-refractivity contribution in [1.29, 1.82) is 0 Å². The number of nitrogens with zero attached hydrogens (tertiary/aromatic N) is 3. The van der Waals surface area contributed by atoms with E-state index in [1.807, 2.05) is 0 Å². The largest absolute Gasteiger partial charge is 0.435 e. The van der Waals surface area contributed by atoms with Crippen molar-refractivity contribution in [2.75, 3.05) is 6.61 Å². The van der Waals surface area contributed by atoms with Crippen molar-refractivity contribution < 1.29 is 18.3 Å². The van der Waals surface area contributed by atoms with Crippen molar-refractivity contribution in [2.45, 2.75) is 12.2 Å². The number of fused-ring (bicyclic) bond motifs is 1. The van der Waals surface area contributed by atoms with Crippen LogP contribution in [-0.2, 0) is 6.18 Å². The molecule has 8 heteroatoms. The van der Waals surface area contributed by atoms with Gasteiger partial charge in [0.05, 0.1) is 12.6 Å². The second-order valence-corrected chi connectivity index (χ2v) is 3.51. The fourth-order valence-electron chi connectivity index (χ4n) is 1.33. The highest BCUT2D eigenvalue weighted by atomic mass is 19.4. The third-order valence-corrected chi connectivity index (χ3v) is 2.25. The van der Waals surface area contributed by atoms with Crippen LogP contribution >= 0.6 is 0 Å². The number of aliphatic hydroxyl groups is 1. The molecule has 2 heterocycles. The van der Waals surface area contributed by atoms with Crippen molar-refractivity contribution in [3.63, 3.8) is 0 Å². The average molecular weight is 246 g/mol. The molecular weight excluding hydrogens is 237 g/mol. The van der Waals surface area contributed by atoms with Crippen LogP contribution < -0.4 is 5.73 Å². The molecule has 0 aliphatic heterocycles. The van der Waals surface area contributed by atoms with E-state index in [-0.39, 0.29) is 12.3 Å². The Balaban J connectivity index is 2.48. The van der Waals surface area contributed by atoms with Gasteiger partial charge in [0.2, 0.25) is 0 Å². The van der Waals surface area contributed by atoms with Gasteiger partial charge < -0.3 is 10.8 Å². The quantitative estimate of drug-likeness (QED) is 0.819. The summed E-state index contributed by atoms with van der Waals surface area (Å²) < 4.78 is 38.1. The van der Waals surface area contributed by atoms with E-state index < -0.39 is 17.9 Å². The van der Waals surface area contributed by atoms with Crippen molar-refractivity contribution >= 4 is 5.65 Å². The number of hydrogen-bond acceptors (Lipinski definition) is 4. The Morgan fingerprint density at radius 3 is 2.76 bits per heavy atom. The molecule has 2 rings (SSSR count). The van der Waals surface area contributed by atoms with E-state index in [0.29, 0.717) is 5.56 Å². The Bertz CT molecular complexity index is 537. The molecule has 0 radical (unpaired) electrons. The highest BCUT2D eigenvalue weighted by molar-refractivity contribution is 5.40. The Kier molecular flexibility index (Phi) is 2.76. The van der Waals surface area contributed by atoms with Crippen LogP contribution in [0.1, 0.15) is 17.3 Å². The summed E-state index contributed by atoms with van der Waals surface area (Å²) >= 11 is 0. The molecule has 17 heavy (non-hydrogen) atoms. The fourth-order valence-corrected chi connectivity index (χ4v) is 1.33. The normalized spacial score (nSPS) is 14.2. The molecule has 0 aliphatic carbocycles. The van der Waals surface area contributed by atoms with E-state index in [0.717, 1.165) is 10.6 Å². The topological polar surface area (TPSA) is 76.4 Å². The second-order valence-electron chi connectivity index (χ2n) is 3.51. The average Bonchev–Trinajstić information content (AvgIpc) is 2.70. The molecule has 0 saturated heterocycles. The van der Waals surface area contributed by atoms with Crippen LogP contribution in [0.2, 0.25) is 0 Å². The van der Waals surface area contributed by atoms with Crippen LogP contribution in [0.4, 0.5) is 13.2 Å². The zero-order valence-corrected chi connectivity index (χ0v) is 8.52. The van der Waals surface area contributed by atoms with Crippen LogP contribution in [0.15, 0.2) is 18.5 Å². The summed E-state index contributed by atoms with van der Waals surface area (Å²) in [5.74, 6) is 0. The number of nitrogens with two attached hydrogens (primary N) is 1. The maximum atomic E-state index is 12.4. The number of alkyl halides is 3. The number of halogens is 3. The Hall–Kier alpha value is -1.67. The highest BCUT2D eigenvalue weighted by Crippen LogP contribution is 2.28. The first-order valence-corrected chi connectivity index (χ1v) is 4.71. The predicted octanol–water partition coefficient (Wildman–Crippen LogP) is 0.740. The number of aromatic nitrogens is 3. The maximum Gasteiger partial charge on any atom is 0.435 e. The predicted molar refractivity (Wildman–Crippen MR) is 52.0 cm³/mol. The van der Waals surface area contributed by atoms with Gasteiger partial charge in [0.25, 0.3) is 0 Å². The van der Waals surface area contributed by atoms with Gasteiger partial charge in [-0.25, -0.2) is 9.50 Å². The van der Waals surface area contributed by atoms with Crippen molar-refractivity contribution in [2.24, 2.45) is 5.73 Å². The zero-order valence-electron chi connectivity index (χ0n) is 8.52. The van der Waals surface area contributed by atoms with E-state index in [4.69, 9.17) is 10.8 Å². The summed E-state index contributed by atoms with van der Waals surface area (Å²) in [5, 5.41) is 12.2. The third-order valence-electron chi connectivity index (χ3n) is 2.25. The molecule has 2 aromatic rings. The summed E-state index contributed by atoms with van der Waals surface area (Å²) in [5.41, 5.74) is 5.00. The lowest BCUT2D eigenvalue weighted by Crippen LogP contribution is -2.15. The van der Waals surface area contributed by atoms with Crippen molar-refractivity contribution in [3.8, 4) is 0 Å². The lowest BCUT2D eigenvalue weighted by atomic mass is 10.2. The Morgan fingerprint density at radius 2 is 2.18 bits per heavy atom. The number of hydrogen-bond donors (Lipinski definition) is 2. The van der Waals surface area contributed by atoms with Crippen LogP contribution in [0, 0.1) is 0 Å². The summed E-state index contributed by atoms with van der Waals surface area (Å²) in [6.45, 7) is -0.319. The molecule has 0 saturated carbocycles. The third kappa shape index (κ3) is 2.22. The summed E-state index contributed by atoms with van der Waals surface area (Å²) in [6.07, 6.45) is -1.87. The summed E-state index contributed by atoms with van der Waals surface area (Å²) in [6, 6.07) is 0.152. The number of aliphatic hydroxyl groups excluding tert-OH is 1. The van der Waals surface area contributed by atoms with E-state index in [9.17, 15) is 13.2 Å². The second kappa shape index (κ2) is 3.97. The first-order valence-electron chi connectivity index (χ1n) is 4.71. The SMILES string of the molecule is NC(CO)c1cnc2cc(C(F)(F)F)nn2c1. The molecule has 1 atom stereocenters. The van der Waals surface area contributed by atoms with Crippen LogP contribution in [-0.4, -0.2) is 26.3 Å². The lowest BCUT2D eigenvalue weighted by molar-refractivity contribution is -0.141.